The average Bonchev–Trinajstić information content (AvgIpc) is 2.68. The topological polar surface area (TPSA) is 42.2 Å². The maximum atomic E-state index is 12.3. The van der Waals surface area contributed by atoms with E-state index in [4.69, 9.17) is 4.42 Å². The molecule has 0 fully saturated rings. The van der Waals surface area contributed by atoms with Crippen LogP contribution < -0.4 is 5.32 Å². The third kappa shape index (κ3) is 2.93. The Labute approximate surface area is 120 Å². The van der Waals surface area contributed by atoms with E-state index in [-0.39, 0.29) is 11.9 Å². The zero-order chi connectivity index (χ0) is 14.9. The van der Waals surface area contributed by atoms with E-state index in [0.717, 1.165) is 11.3 Å². The number of furan rings is 1. The highest BCUT2D eigenvalue weighted by Gasteiger charge is 2.17. The molecule has 20 heavy (non-hydrogen) atoms. The van der Waals surface area contributed by atoms with Crippen LogP contribution in [0, 0.1) is 27.7 Å². The van der Waals surface area contributed by atoms with E-state index in [2.05, 4.69) is 37.4 Å². The molecule has 2 rings (SSSR count). The maximum Gasteiger partial charge on any atom is 0.255 e. The summed E-state index contributed by atoms with van der Waals surface area (Å²) >= 11 is 0. The number of carbonyl (C=O) groups excluding carboxylic acids is 1. The van der Waals surface area contributed by atoms with Gasteiger partial charge >= 0.3 is 0 Å². The Bertz CT molecular complexity index is 640. The number of amides is 1. The fourth-order valence-electron chi connectivity index (χ4n) is 2.52. The summed E-state index contributed by atoms with van der Waals surface area (Å²) in [4.78, 5) is 12.3. The SMILES string of the molecule is Cc1ccc(C(C)NC(=O)c2cc(C)oc2C)c(C)c1. The van der Waals surface area contributed by atoms with Gasteiger partial charge in [-0.15, -0.1) is 0 Å². The van der Waals surface area contributed by atoms with Crippen LogP contribution in [0.3, 0.4) is 0 Å². The number of aryl methyl sites for hydroxylation is 4. The molecule has 3 nitrogen and oxygen atoms in total. The highest BCUT2D eigenvalue weighted by atomic mass is 16.3. The van der Waals surface area contributed by atoms with E-state index in [1.165, 1.54) is 11.1 Å². The normalized spacial score (nSPS) is 12.2. The molecule has 0 aliphatic heterocycles. The molecule has 0 saturated carbocycles. The third-order valence-electron chi connectivity index (χ3n) is 3.53. The highest BCUT2D eigenvalue weighted by molar-refractivity contribution is 5.95. The Hall–Kier alpha value is -2.03. The minimum absolute atomic E-state index is 0.0299. The van der Waals surface area contributed by atoms with Gasteiger partial charge in [0.2, 0.25) is 0 Å². The zero-order valence-electron chi connectivity index (χ0n) is 12.7. The van der Waals surface area contributed by atoms with E-state index >= 15 is 0 Å². The Balaban J connectivity index is 2.17. The summed E-state index contributed by atoms with van der Waals surface area (Å²) < 4.78 is 5.40. The summed E-state index contributed by atoms with van der Waals surface area (Å²) in [7, 11) is 0. The molecule has 1 amide bonds. The number of rotatable bonds is 3. The van der Waals surface area contributed by atoms with Gasteiger partial charge in [0, 0.05) is 0 Å². The van der Waals surface area contributed by atoms with Crippen molar-refractivity contribution in [2.24, 2.45) is 0 Å². The van der Waals surface area contributed by atoms with Gasteiger partial charge in [-0.3, -0.25) is 4.79 Å². The Morgan fingerprint density at radius 2 is 1.85 bits per heavy atom. The second-order valence-corrected chi connectivity index (χ2v) is 5.38. The second kappa shape index (κ2) is 5.53. The van der Waals surface area contributed by atoms with Crippen LogP contribution in [0.25, 0.3) is 0 Å². The van der Waals surface area contributed by atoms with Crippen molar-refractivity contribution < 1.29 is 9.21 Å². The molecule has 2 aromatic rings. The van der Waals surface area contributed by atoms with Crippen molar-refractivity contribution in [1.29, 1.82) is 0 Å². The average molecular weight is 271 g/mol. The van der Waals surface area contributed by atoms with Crippen LogP contribution in [0.1, 0.15) is 51.5 Å². The van der Waals surface area contributed by atoms with Gasteiger partial charge in [0.05, 0.1) is 11.6 Å². The molecule has 1 N–H and O–H groups in total. The van der Waals surface area contributed by atoms with Crippen LogP contribution in [0.4, 0.5) is 0 Å². The summed E-state index contributed by atoms with van der Waals surface area (Å²) in [5.74, 6) is 1.33. The van der Waals surface area contributed by atoms with Crippen LogP contribution in [0.2, 0.25) is 0 Å². The monoisotopic (exact) mass is 271 g/mol. The molecular formula is C17H21NO2. The molecule has 3 heteroatoms. The molecule has 0 aliphatic carbocycles. The first-order valence-electron chi connectivity index (χ1n) is 6.83. The molecule has 1 aromatic heterocycles. The lowest BCUT2D eigenvalue weighted by Crippen LogP contribution is -2.27. The predicted molar refractivity (Wildman–Crippen MR) is 80.0 cm³/mol. The predicted octanol–water partition coefficient (Wildman–Crippen LogP) is 4.00. The second-order valence-electron chi connectivity index (χ2n) is 5.38. The standard InChI is InChI=1S/C17H21NO2/c1-10-6-7-15(11(2)8-10)13(4)18-17(19)16-9-12(3)20-14(16)5/h6-9,13H,1-5H3,(H,18,19). The van der Waals surface area contributed by atoms with Crippen LogP contribution in [-0.4, -0.2) is 5.91 Å². The molecule has 1 atom stereocenters. The van der Waals surface area contributed by atoms with Crippen molar-refractivity contribution >= 4 is 5.91 Å². The first-order valence-corrected chi connectivity index (χ1v) is 6.83. The van der Waals surface area contributed by atoms with Crippen LogP contribution in [0.5, 0.6) is 0 Å². The lowest BCUT2D eigenvalue weighted by Gasteiger charge is -2.17. The number of hydrogen-bond acceptors (Lipinski definition) is 2. The molecule has 0 aliphatic rings. The first-order chi connectivity index (χ1) is 9.38. The number of hydrogen-bond donors (Lipinski definition) is 1. The smallest absolute Gasteiger partial charge is 0.255 e. The van der Waals surface area contributed by atoms with Crippen molar-refractivity contribution in [3.05, 3.63) is 58.0 Å². The molecule has 106 valence electrons. The van der Waals surface area contributed by atoms with Crippen molar-refractivity contribution in [2.45, 2.75) is 40.7 Å². The van der Waals surface area contributed by atoms with E-state index in [1.807, 2.05) is 20.8 Å². The molecule has 0 spiro atoms. The van der Waals surface area contributed by atoms with Gasteiger partial charge in [0.25, 0.3) is 5.91 Å². The van der Waals surface area contributed by atoms with Gasteiger partial charge in [-0.25, -0.2) is 0 Å². The maximum absolute atomic E-state index is 12.3. The Kier molecular flexibility index (Phi) is 3.98. The largest absolute Gasteiger partial charge is 0.466 e. The third-order valence-corrected chi connectivity index (χ3v) is 3.53. The minimum atomic E-state index is -0.0909. The number of nitrogens with one attached hydrogen (secondary N) is 1. The fourth-order valence-corrected chi connectivity index (χ4v) is 2.52. The lowest BCUT2D eigenvalue weighted by molar-refractivity contribution is 0.0938. The Morgan fingerprint density at radius 1 is 1.15 bits per heavy atom. The fraction of sp³-hybridized carbons (Fsp3) is 0.353. The van der Waals surface area contributed by atoms with Crippen molar-refractivity contribution in [2.75, 3.05) is 0 Å². The Morgan fingerprint density at radius 3 is 2.40 bits per heavy atom. The summed E-state index contributed by atoms with van der Waals surface area (Å²) in [6, 6.07) is 8.02. The molecule has 1 heterocycles. The zero-order valence-corrected chi connectivity index (χ0v) is 12.7. The van der Waals surface area contributed by atoms with Crippen molar-refractivity contribution in [1.82, 2.24) is 5.32 Å². The summed E-state index contributed by atoms with van der Waals surface area (Å²) in [6.45, 7) is 9.79. The number of benzene rings is 1. The van der Waals surface area contributed by atoms with E-state index < -0.39 is 0 Å². The molecule has 1 unspecified atom stereocenters. The molecule has 0 radical (unpaired) electrons. The van der Waals surface area contributed by atoms with Crippen LogP contribution in [-0.2, 0) is 0 Å². The quantitative estimate of drug-likeness (QED) is 0.916. The van der Waals surface area contributed by atoms with Crippen LogP contribution in [0.15, 0.2) is 28.7 Å². The van der Waals surface area contributed by atoms with Gasteiger partial charge in [-0.1, -0.05) is 23.8 Å². The first kappa shape index (κ1) is 14.4. The van der Waals surface area contributed by atoms with E-state index in [0.29, 0.717) is 11.3 Å². The van der Waals surface area contributed by atoms with Crippen molar-refractivity contribution in [3.8, 4) is 0 Å². The molecular weight excluding hydrogens is 250 g/mol. The number of carbonyl (C=O) groups is 1. The van der Waals surface area contributed by atoms with Gasteiger partial charge < -0.3 is 9.73 Å². The highest BCUT2D eigenvalue weighted by Crippen LogP contribution is 2.20. The van der Waals surface area contributed by atoms with E-state index in [1.54, 1.807) is 6.07 Å². The van der Waals surface area contributed by atoms with Gasteiger partial charge in [0.15, 0.2) is 0 Å². The van der Waals surface area contributed by atoms with Gasteiger partial charge in [0.1, 0.15) is 11.5 Å². The van der Waals surface area contributed by atoms with E-state index in [9.17, 15) is 4.79 Å². The lowest BCUT2D eigenvalue weighted by atomic mass is 10.00. The van der Waals surface area contributed by atoms with Gasteiger partial charge in [-0.2, -0.15) is 0 Å². The summed E-state index contributed by atoms with van der Waals surface area (Å²) in [5.41, 5.74) is 4.17. The van der Waals surface area contributed by atoms with Crippen molar-refractivity contribution in [3.63, 3.8) is 0 Å². The summed E-state index contributed by atoms with van der Waals surface area (Å²) in [6.07, 6.45) is 0. The minimum Gasteiger partial charge on any atom is -0.466 e. The molecule has 0 saturated heterocycles. The molecule has 0 bridgehead atoms. The summed E-state index contributed by atoms with van der Waals surface area (Å²) in [5, 5.41) is 3.03. The van der Waals surface area contributed by atoms with Gasteiger partial charge in [-0.05, 0) is 51.8 Å². The molecule has 1 aromatic carbocycles. The van der Waals surface area contributed by atoms with Crippen LogP contribution >= 0.6 is 0 Å².